The summed E-state index contributed by atoms with van der Waals surface area (Å²) < 4.78 is 5.26. The van der Waals surface area contributed by atoms with Crippen molar-refractivity contribution in [1.82, 2.24) is 10.2 Å². The van der Waals surface area contributed by atoms with E-state index in [-0.39, 0.29) is 18.5 Å². The molecule has 7 nitrogen and oxygen atoms in total. The number of carbonyl (C=O) groups is 3. The van der Waals surface area contributed by atoms with Crippen LogP contribution in [0.5, 0.6) is 0 Å². The van der Waals surface area contributed by atoms with Crippen molar-refractivity contribution in [3.63, 3.8) is 0 Å². The summed E-state index contributed by atoms with van der Waals surface area (Å²) in [4.78, 5) is 39.4. The summed E-state index contributed by atoms with van der Waals surface area (Å²) in [6.45, 7) is 6.19. The number of nitrogens with one attached hydrogen (secondary N) is 2. The number of carbonyl (C=O) groups excluding carboxylic acids is 3. The van der Waals surface area contributed by atoms with E-state index in [0.29, 0.717) is 39.7 Å². The number of benzene rings is 2. The smallest absolute Gasteiger partial charge is 0.338 e. The Kier molecular flexibility index (Phi) is 7.53. The lowest BCUT2D eigenvalue weighted by atomic mass is 9.94. The number of nitrogens with zero attached hydrogens (tertiary/aromatic N) is 1. The Morgan fingerprint density at radius 3 is 2.44 bits per heavy atom. The van der Waals surface area contributed by atoms with Gasteiger partial charge in [-0.25, -0.2) is 9.59 Å². The van der Waals surface area contributed by atoms with Crippen molar-refractivity contribution in [2.75, 3.05) is 18.5 Å². The maximum absolute atomic E-state index is 12.7. The van der Waals surface area contributed by atoms with Crippen molar-refractivity contribution < 1.29 is 19.1 Å². The molecule has 3 rings (SSSR count). The molecule has 1 aliphatic heterocycles. The zero-order valence-corrected chi connectivity index (χ0v) is 19.0. The van der Waals surface area contributed by atoms with Crippen molar-refractivity contribution >= 4 is 35.2 Å². The van der Waals surface area contributed by atoms with E-state index in [9.17, 15) is 14.4 Å². The molecule has 2 N–H and O–H groups in total. The largest absolute Gasteiger partial charge is 0.463 e. The van der Waals surface area contributed by atoms with Crippen molar-refractivity contribution in [3.8, 4) is 0 Å². The Labute approximate surface area is 192 Å². The average Bonchev–Trinajstić information content (AvgIpc) is 2.77. The van der Waals surface area contributed by atoms with Gasteiger partial charge in [-0.2, -0.15) is 0 Å². The molecule has 32 heavy (non-hydrogen) atoms. The first kappa shape index (κ1) is 23.3. The number of amides is 3. The Morgan fingerprint density at radius 1 is 1.12 bits per heavy atom. The molecule has 3 amide bonds. The number of halogens is 1. The summed E-state index contributed by atoms with van der Waals surface area (Å²) in [5, 5.41) is 6.07. The van der Waals surface area contributed by atoms with E-state index in [1.165, 1.54) is 0 Å². The van der Waals surface area contributed by atoms with Crippen LogP contribution in [0.4, 0.5) is 10.5 Å². The van der Waals surface area contributed by atoms with Crippen LogP contribution in [-0.2, 0) is 9.53 Å². The number of rotatable bonds is 7. The lowest BCUT2D eigenvalue weighted by Crippen LogP contribution is -2.48. The van der Waals surface area contributed by atoms with Gasteiger partial charge in [0.25, 0.3) is 5.91 Å². The molecule has 0 fully saturated rings. The van der Waals surface area contributed by atoms with Gasteiger partial charge in [-0.05, 0) is 50.1 Å². The van der Waals surface area contributed by atoms with E-state index < -0.39 is 12.0 Å². The number of esters is 1. The summed E-state index contributed by atoms with van der Waals surface area (Å²) >= 11 is 6.09. The third kappa shape index (κ3) is 4.94. The molecule has 2 aromatic carbocycles. The van der Waals surface area contributed by atoms with Crippen LogP contribution in [0.2, 0.25) is 5.02 Å². The molecule has 0 aromatic heterocycles. The second-order valence-electron chi connectivity index (χ2n) is 7.31. The highest BCUT2D eigenvalue weighted by molar-refractivity contribution is 6.34. The summed E-state index contributed by atoms with van der Waals surface area (Å²) in [5.74, 6) is -0.792. The molecular weight excluding hydrogens is 430 g/mol. The number of allylic oxidation sites excluding steroid dienone is 1. The van der Waals surface area contributed by atoms with Crippen LogP contribution in [0.15, 0.2) is 59.8 Å². The zero-order valence-electron chi connectivity index (χ0n) is 18.3. The van der Waals surface area contributed by atoms with Crippen molar-refractivity contribution in [3.05, 3.63) is 76.0 Å². The van der Waals surface area contributed by atoms with Crippen LogP contribution in [0, 0.1) is 0 Å². The van der Waals surface area contributed by atoms with Gasteiger partial charge in [-0.1, -0.05) is 42.8 Å². The van der Waals surface area contributed by atoms with Crippen molar-refractivity contribution in [2.24, 2.45) is 0 Å². The Balaban J connectivity index is 1.87. The number of urea groups is 1. The van der Waals surface area contributed by atoms with Gasteiger partial charge in [0.1, 0.15) is 0 Å². The first-order valence-corrected chi connectivity index (χ1v) is 10.9. The van der Waals surface area contributed by atoms with Crippen LogP contribution >= 0.6 is 11.6 Å². The highest BCUT2D eigenvalue weighted by Gasteiger charge is 2.36. The molecule has 0 radical (unpaired) electrons. The molecule has 2 aromatic rings. The topological polar surface area (TPSA) is 87.7 Å². The molecule has 0 aliphatic carbocycles. The van der Waals surface area contributed by atoms with Crippen LogP contribution in [0.25, 0.3) is 0 Å². The Hall–Kier alpha value is -3.32. The van der Waals surface area contributed by atoms with E-state index in [2.05, 4.69) is 10.6 Å². The van der Waals surface area contributed by atoms with Crippen LogP contribution in [0.3, 0.4) is 0 Å². The third-order valence-corrected chi connectivity index (χ3v) is 5.49. The molecule has 0 spiro atoms. The number of anilines is 1. The first-order chi connectivity index (χ1) is 15.4. The normalized spacial score (nSPS) is 15.9. The van der Waals surface area contributed by atoms with Gasteiger partial charge in [0.2, 0.25) is 0 Å². The van der Waals surface area contributed by atoms with Crippen molar-refractivity contribution in [1.29, 1.82) is 0 Å². The fraction of sp³-hybridized carbons (Fsp3) is 0.292. The molecule has 1 aliphatic rings. The minimum atomic E-state index is -0.650. The van der Waals surface area contributed by atoms with E-state index in [1.807, 2.05) is 6.92 Å². The van der Waals surface area contributed by atoms with Gasteiger partial charge in [0, 0.05) is 17.9 Å². The van der Waals surface area contributed by atoms with E-state index >= 15 is 0 Å². The van der Waals surface area contributed by atoms with Gasteiger partial charge in [-0.15, -0.1) is 0 Å². The number of ether oxygens (including phenoxy) is 1. The minimum absolute atomic E-state index is 0.233. The molecule has 0 unspecified atom stereocenters. The quantitative estimate of drug-likeness (QED) is 0.581. The molecule has 0 bridgehead atoms. The lowest BCUT2D eigenvalue weighted by Gasteiger charge is -2.35. The molecule has 168 valence electrons. The summed E-state index contributed by atoms with van der Waals surface area (Å²) in [7, 11) is 0. The predicted molar refractivity (Wildman–Crippen MR) is 123 cm³/mol. The van der Waals surface area contributed by atoms with Gasteiger partial charge in [0.05, 0.1) is 28.8 Å². The second-order valence-corrected chi connectivity index (χ2v) is 7.72. The predicted octanol–water partition coefficient (Wildman–Crippen LogP) is 4.91. The molecule has 0 saturated heterocycles. The van der Waals surface area contributed by atoms with Crippen molar-refractivity contribution in [2.45, 2.75) is 33.2 Å². The SMILES string of the molecule is CCCN1C(=O)N[C@H](c2ccc(NC(=O)c3ccccc3Cl)cc2)C(C(=O)OCC)=C1C. The highest BCUT2D eigenvalue weighted by atomic mass is 35.5. The molecular formula is C24H26ClN3O4. The highest BCUT2D eigenvalue weighted by Crippen LogP contribution is 2.32. The van der Waals surface area contributed by atoms with Gasteiger partial charge in [-0.3, -0.25) is 9.69 Å². The monoisotopic (exact) mass is 455 g/mol. The zero-order chi connectivity index (χ0) is 23.3. The Morgan fingerprint density at radius 2 is 1.81 bits per heavy atom. The molecule has 1 atom stereocenters. The van der Waals surface area contributed by atoms with E-state index in [0.717, 1.165) is 6.42 Å². The fourth-order valence-electron chi connectivity index (χ4n) is 3.60. The number of hydrogen-bond acceptors (Lipinski definition) is 4. The lowest BCUT2D eigenvalue weighted by molar-refractivity contribution is -0.139. The van der Waals surface area contributed by atoms with E-state index in [4.69, 9.17) is 16.3 Å². The summed E-state index contributed by atoms with van der Waals surface area (Å²) in [6, 6.07) is 12.8. The average molecular weight is 456 g/mol. The fourth-order valence-corrected chi connectivity index (χ4v) is 3.82. The van der Waals surface area contributed by atoms with Gasteiger partial charge in [0.15, 0.2) is 0 Å². The molecule has 8 heteroatoms. The maximum atomic E-state index is 12.7. The van der Waals surface area contributed by atoms with Crippen LogP contribution in [-0.4, -0.2) is 36.0 Å². The number of hydrogen-bond donors (Lipinski definition) is 2. The summed E-state index contributed by atoms with van der Waals surface area (Å²) in [5.41, 5.74) is 2.61. The first-order valence-electron chi connectivity index (χ1n) is 10.5. The van der Waals surface area contributed by atoms with Crippen LogP contribution in [0.1, 0.15) is 49.2 Å². The van der Waals surface area contributed by atoms with Crippen LogP contribution < -0.4 is 10.6 Å². The minimum Gasteiger partial charge on any atom is -0.463 e. The summed E-state index contributed by atoms with van der Waals surface area (Å²) in [6.07, 6.45) is 0.755. The molecule has 1 heterocycles. The van der Waals surface area contributed by atoms with Gasteiger partial charge >= 0.3 is 12.0 Å². The molecule has 0 saturated carbocycles. The third-order valence-electron chi connectivity index (χ3n) is 5.16. The maximum Gasteiger partial charge on any atom is 0.338 e. The van der Waals surface area contributed by atoms with E-state index in [1.54, 1.807) is 67.3 Å². The Bertz CT molecular complexity index is 1050. The second kappa shape index (κ2) is 10.3. The standard InChI is InChI=1S/C24H26ClN3O4/c1-4-14-28-15(3)20(23(30)32-5-2)21(27-24(28)31)16-10-12-17(13-11-16)26-22(29)18-8-6-7-9-19(18)25/h6-13,21H,4-5,14H2,1-3H3,(H,26,29)(H,27,31)/t21-/m1/s1. The van der Waals surface area contributed by atoms with Gasteiger partial charge < -0.3 is 15.4 Å².